The van der Waals surface area contributed by atoms with Crippen LogP contribution in [-0.4, -0.2) is 18.5 Å². The van der Waals surface area contributed by atoms with Gasteiger partial charge in [-0.25, -0.2) is 0 Å². The summed E-state index contributed by atoms with van der Waals surface area (Å²) in [4.78, 5) is 11.1. The fourth-order valence-electron chi connectivity index (χ4n) is 0.763. The molecule has 1 atom stereocenters. The standard InChI is InChI=1S/C8H18N2O/c1-6(2)4-8(11)10-7(3)5-9/h6-7H,4-5,9H2,1-3H3,(H,10,11)/t7-/m0/s1. The number of rotatable bonds is 4. The summed E-state index contributed by atoms with van der Waals surface area (Å²) in [5, 5.41) is 2.80. The maximum absolute atomic E-state index is 11.1. The van der Waals surface area contributed by atoms with E-state index in [-0.39, 0.29) is 11.9 Å². The Morgan fingerprint density at radius 1 is 1.45 bits per heavy atom. The van der Waals surface area contributed by atoms with Gasteiger partial charge in [-0.1, -0.05) is 13.8 Å². The van der Waals surface area contributed by atoms with Crippen molar-refractivity contribution in [2.24, 2.45) is 11.7 Å². The van der Waals surface area contributed by atoms with E-state index < -0.39 is 0 Å². The molecule has 3 nitrogen and oxygen atoms in total. The van der Waals surface area contributed by atoms with Crippen LogP contribution in [0.25, 0.3) is 0 Å². The van der Waals surface area contributed by atoms with Crippen molar-refractivity contribution in [1.82, 2.24) is 5.32 Å². The average Bonchev–Trinajstić information content (AvgIpc) is 1.85. The molecule has 0 aromatic carbocycles. The smallest absolute Gasteiger partial charge is 0.220 e. The van der Waals surface area contributed by atoms with Crippen molar-refractivity contribution >= 4 is 5.91 Å². The topological polar surface area (TPSA) is 55.1 Å². The minimum absolute atomic E-state index is 0.0953. The van der Waals surface area contributed by atoms with Crippen LogP contribution in [0.2, 0.25) is 0 Å². The second kappa shape index (κ2) is 5.13. The van der Waals surface area contributed by atoms with Crippen molar-refractivity contribution in [3.63, 3.8) is 0 Å². The molecule has 0 saturated heterocycles. The second-order valence-electron chi connectivity index (χ2n) is 3.30. The maximum Gasteiger partial charge on any atom is 0.220 e. The molecule has 1 amide bonds. The van der Waals surface area contributed by atoms with E-state index in [9.17, 15) is 4.79 Å². The minimum atomic E-state index is 0.0953. The van der Waals surface area contributed by atoms with Gasteiger partial charge in [-0.05, 0) is 12.8 Å². The molecule has 0 rings (SSSR count). The van der Waals surface area contributed by atoms with Crippen molar-refractivity contribution < 1.29 is 4.79 Å². The summed E-state index contributed by atoms with van der Waals surface area (Å²) in [6.07, 6.45) is 0.588. The van der Waals surface area contributed by atoms with E-state index in [4.69, 9.17) is 5.73 Å². The highest BCUT2D eigenvalue weighted by atomic mass is 16.1. The molecule has 0 fully saturated rings. The van der Waals surface area contributed by atoms with Gasteiger partial charge >= 0.3 is 0 Å². The lowest BCUT2D eigenvalue weighted by molar-refractivity contribution is -0.122. The van der Waals surface area contributed by atoms with Crippen molar-refractivity contribution in [2.75, 3.05) is 6.54 Å². The second-order valence-corrected chi connectivity index (χ2v) is 3.30. The van der Waals surface area contributed by atoms with E-state index in [0.29, 0.717) is 18.9 Å². The first-order chi connectivity index (χ1) is 5.06. The fourth-order valence-corrected chi connectivity index (χ4v) is 0.763. The highest BCUT2D eigenvalue weighted by Crippen LogP contribution is 1.98. The summed E-state index contributed by atoms with van der Waals surface area (Å²) >= 11 is 0. The molecule has 3 heteroatoms. The predicted octanol–water partition coefficient (Wildman–Crippen LogP) is 0.496. The molecular weight excluding hydrogens is 140 g/mol. The van der Waals surface area contributed by atoms with Gasteiger partial charge in [0.2, 0.25) is 5.91 Å². The zero-order valence-electron chi connectivity index (χ0n) is 7.55. The number of carbonyl (C=O) groups excluding carboxylic acids is 1. The van der Waals surface area contributed by atoms with Crippen LogP contribution in [0.15, 0.2) is 0 Å². The van der Waals surface area contributed by atoms with Gasteiger partial charge in [-0.3, -0.25) is 4.79 Å². The molecule has 0 aromatic heterocycles. The Labute approximate surface area is 68.3 Å². The lowest BCUT2D eigenvalue weighted by Crippen LogP contribution is -2.38. The molecule has 66 valence electrons. The lowest BCUT2D eigenvalue weighted by Gasteiger charge is -2.11. The molecule has 0 unspecified atom stereocenters. The molecule has 0 aliphatic rings. The third kappa shape index (κ3) is 5.85. The molecule has 3 N–H and O–H groups in total. The Balaban J connectivity index is 3.52. The van der Waals surface area contributed by atoms with Crippen LogP contribution >= 0.6 is 0 Å². The largest absolute Gasteiger partial charge is 0.352 e. The Morgan fingerprint density at radius 2 is 2.00 bits per heavy atom. The number of carbonyl (C=O) groups is 1. The molecule has 0 bridgehead atoms. The number of hydrogen-bond acceptors (Lipinski definition) is 2. The van der Waals surface area contributed by atoms with E-state index in [2.05, 4.69) is 5.32 Å². The Kier molecular flexibility index (Phi) is 4.86. The van der Waals surface area contributed by atoms with Crippen LogP contribution < -0.4 is 11.1 Å². The summed E-state index contributed by atoms with van der Waals surface area (Å²) in [5.41, 5.74) is 5.34. The molecule has 0 aliphatic heterocycles. The van der Waals surface area contributed by atoms with Crippen LogP contribution in [-0.2, 0) is 4.79 Å². The molecular formula is C8H18N2O. The van der Waals surface area contributed by atoms with Crippen molar-refractivity contribution in [1.29, 1.82) is 0 Å². The van der Waals surface area contributed by atoms with Crippen LogP contribution in [0.3, 0.4) is 0 Å². The predicted molar refractivity (Wildman–Crippen MR) is 46.1 cm³/mol. The highest BCUT2D eigenvalue weighted by molar-refractivity contribution is 5.76. The van der Waals surface area contributed by atoms with Crippen LogP contribution in [0.1, 0.15) is 27.2 Å². The minimum Gasteiger partial charge on any atom is -0.352 e. The van der Waals surface area contributed by atoms with Gasteiger partial charge < -0.3 is 11.1 Å². The summed E-state index contributed by atoms with van der Waals surface area (Å²) in [5.74, 6) is 0.512. The zero-order valence-corrected chi connectivity index (χ0v) is 7.55. The summed E-state index contributed by atoms with van der Waals surface area (Å²) in [6.45, 7) is 6.45. The SMILES string of the molecule is CC(C)CC(=O)N[C@@H](C)CN. The third-order valence-electron chi connectivity index (χ3n) is 1.35. The van der Waals surface area contributed by atoms with Gasteiger partial charge in [0.15, 0.2) is 0 Å². The Morgan fingerprint density at radius 3 is 2.36 bits per heavy atom. The normalized spacial score (nSPS) is 13.2. The summed E-state index contributed by atoms with van der Waals surface area (Å²) in [6, 6.07) is 0.0984. The molecule has 0 radical (unpaired) electrons. The number of amides is 1. The molecule has 0 aromatic rings. The van der Waals surface area contributed by atoms with Crippen molar-refractivity contribution in [2.45, 2.75) is 33.2 Å². The fraction of sp³-hybridized carbons (Fsp3) is 0.875. The molecule has 0 saturated carbocycles. The van der Waals surface area contributed by atoms with E-state index in [0.717, 1.165) is 0 Å². The first kappa shape index (κ1) is 10.4. The highest BCUT2D eigenvalue weighted by Gasteiger charge is 2.06. The van der Waals surface area contributed by atoms with Gasteiger partial charge in [0.1, 0.15) is 0 Å². The van der Waals surface area contributed by atoms with E-state index >= 15 is 0 Å². The molecule has 11 heavy (non-hydrogen) atoms. The molecule has 0 spiro atoms. The first-order valence-corrected chi connectivity index (χ1v) is 4.05. The van der Waals surface area contributed by atoms with Gasteiger partial charge in [0.25, 0.3) is 0 Å². The number of hydrogen-bond donors (Lipinski definition) is 2. The lowest BCUT2D eigenvalue weighted by atomic mass is 10.1. The molecule has 0 aliphatic carbocycles. The summed E-state index contributed by atoms with van der Waals surface area (Å²) < 4.78 is 0. The van der Waals surface area contributed by atoms with Gasteiger partial charge in [-0.2, -0.15) is 0 Å². The average molecular weight is 158 g/mol. The Bertz CT molecular complexity index is 123. The zero-order chi connectivity index (χ0) is 8.85. The van der Waals surface area contributed by atoms with Crippen molar-refractivity contribution in [3.05, 3.63) is 0 Å². The van der Waals surface area contributed by atoms with Crippen molar-refractivity contribution in [3.8, 4) is 0 Å². The monoisotopic (exact) mass is 158 g/mol. The van der Waals surface area contributed by atoms with Gasteiger partial charge in [0, 0.05) is 19.0 Å². The van der Waals surface area contributed by atoms with Crippen LogP contribution in [0.5, 0.6) is 0 Å². The first-order valence-electron chi connectivity index (χ1n) is 4.05. The van der Waals surface area contributed by atoms with E-state index in [1.807, 2.05) is 20.8 Å². The van der Waals surface area contributed by atoms with Crippen LogP contribution in [0, 0.1) is 5.92 Å². The van der Waals surface area contributed by atoms with Gasteiger partial charge in [0.05, 0.1) is 0 Å². The van der Waals surface area contributed by atoms with Crippen LogP contribution in [0.4, 0.5) is 0 Å². The van der Waals surface area contributed by atoms with E-state index in [1.54, 1.807) is 0 Å². The third-order valence-corrected chi connectivity index (χ3v) is 1.35. The van der Waals surface area contributed by atoms with Gasteiger partial charge in [-0.15, -0.1) is 0 Å². The number of nitrogens with two attached hydrogens (primary N) is 1. The molecule has 0 heterocycles. The van der Waals surface area contributed by atoms with E-state index in [1.165, 1.54) is 0 Å². The quantitative estimate of drug-likeness (QED) is 0.626. The maximum atomic E-state index is 11.1. The summed E-state index contributed by atoms with van der Waals surface area (Å²) in [7, 11) is 0. The Hall–Kier alpha value is -0.570. The number of nitrogens with one attached hydrogen (secondary N) is 1.